The predicted molar refractivity (Wildman–Crippen MR) is 62.6 cm³/mol. The van der Waals surface area contributed by atoms with Crippen LogP contribution in [0.5, 0.6) is 0 Å². The highest BCUT2D eigenvalue weighted by atomic mass is 35.5. The molecule has 1 atom stereocenters. The highest BCUT2D eigenvalue weighted by Crippen LogP contribution is 2.24. The third-order valence-corrected chi connectivity index (χ3v) is 2.72. The van der Waals surface area contributed by atoms with E-state index in [2.05, 4.69) is 11.2 Å². The van der Waals surface area contributed by atoms with Crippen molar-refractivity contribution in [3.63, 3.8) is 0 Å². The van der Waals surface area contributed by atoms with Crippen molar-refractivity contribution in [1.29, 1.82) is 5.26 Å². The van der Waals surface area contributed by atoms with Crippen LogP contribution in [0.2, 0.25) is 5.02 Å². The number of aromatic nitrogens is 2. The van der Waals surface area contributed by atoms with E-state index in [9.17, 15) is 0 Å². The van der Waals surface area contributed by atoms with Gasteiger partial charge in [-0.05, 0) is 30.7 Å². The molecule has 2 rings (SSSR count). The number of halogens is 1. The van der Waals surface area contributed by atoms with Gasteiger partial charge in [-0.1, -0.05) is 17.7 Å². The summed E-state index contributed by atoms with van der Waals surface area (Å²) < 4.78 is 1.70. The SMILES string of the molecule is CC(C#N)c1ccc(-n2cccn2)c(Cl)c1. The minimum Gasteiger partial charge on any atom is -0.239 e. The van der Waals surface area contributed by atoms with Crippen LogP contribution in [0.1, 0.15) is 18.4 Å². The Hall–Kier alpha value is -1.79. The van der Waals surface area contributed by atoms with Gasteiger partial charge in [0, 0.05) is 12.4 Å². The lowest BCUT2D eigenvalue weighted by Crippen LogP contribution is -1.97. The second-order valence-corrected chi connectivity index (χ2v) is 3.92. The molecular weight excluding hydrogens is 222 g/mol. The molecule has 0 amide bonds. The van der Waals surface area contributed by atoms with Crippen molar-refractivity contribution in [2.24, 2.45) is 0 Å². The maximum atomic E-state index is 8.82. The van der Waals surface area contributed by atoms with Gasteiger partial charge in [0.1, 0.15) is 0 Å². The first-order valence-electron chi connectivity index (χ1n) is 4.91. The van der Waals surface area contributed by atoms with Crippen LogP contribution in [0.3, 0.4) is 0 Å². The van der Waals surface area contributed by atoms with Crippen molar-refractivity contribution in [1.82, 2.24) is 9.78 Å². The Labute approximate surface area is 98.9 Å². The second-order valence-electron chi connectivity index (χ2n) is 3.51. The van der Waals surface area contributed by atoms with Gasteiger partial charge in [-0.2, -0.15) is 10.4 Å². The van der Waals surface area contributed by atoms with Crippen molar-refractivity contribution >= 4 is 11.6 Å². The Morgan fingerprint density at radius 1 is 1.50 bits per heavy atom. The number of hydrogen-bond acceptors (Lipinski definition) is 2. The lowest BCUT2D eigenvalue weighted by atomic mass is 10.0. The molecule has 0 aliphatic heterocycles. The summed E-state index contributed by atoms with van der Waals surface area (Å²) in [6.45, 7) is 1.85. The summed E-state index contributed by atoms with van der Waals surface area (Å²) >= 11 is 6.15. The molecule has 0 N–H and O–H groups in total. The Bertz CT molecular complexity index is 526. The minimum atomic E-state index is -0.149. The fraction of sp³-hybridized carbons (Fsp3) is 0.167. The largest absolute Gasteiger partial charge is 0.239 e. The van der Waals surface area contributed by atoms with E-state index in [-0.39, 0.29) is 5.92 Å². The van der Waals surface area contributed by atoms with Gasteiger partial charge in [0.2, 0.25) is 0 Å². The Morgan fingerprint density at radius 3 is 2.88 bits per heavy atom. The summed E-state index contributed by atoms with van der Waals surface area (Å²) in [5, 5.41) is 13.5. The molecule has 80 valence electrons. The van der Waals surface area contributed by atoms with Crippen LogP contribution >= 0.6 is 11.6 Å². The molecular formula is C12H10ClN3. The zero-order valence-electron chi connectivity index (χ0n) is 8.76. The summed E-state index contributed by atoms with van der Waals surface area (Å²) in [4.78, 5) is 0. The van der Waals surface area contributed by atoms with E-state index < -0.39 is 0 Å². The first kappa shape index (κ1) is 10.7. The molecule has 1 aromatic carbocycles. The molecule has 3 nitrogen and oxygen atoms in total. The molecule has 2 aromatic rings. The van der Waals surface area contributed by atoms with E-state index in [1.54, 1.807) is 10.9 Å². The van der Waals surface area contributed by atoms with Crippen LogP contribution in [0, 0.1) is 11.3 Å². The van der Waals surface area contributed by atoms with Gasteiger partial charge in [-0.15, -0.1) is 0 Å². The second kappa shape index (κ2) is 4.38. The maximum absolute atomic E-state index is 8.82. The molecule has 0 radical (unpaired) electrons. The molecule has 0 saturated heterocycles. The number of benzene rings is 1. The molecule has 1 aromatic heterocycles. The van der Waals surface area contributed by atoms with Gasteiger partial charge < -0.3 is 0 Å². The van der Waals surface area contributed by atoms with Gasteiger partial charge in [0.15, 0.2) is 0 Å². The monoisotopic (exact) mass is 231 g/mol. The average molecular weight is 232 g/mol. The first-order valence-corrected chi connectivity index (χ1v) is 5.29. The third-order valence-electron chi connectivity index (χ3n) is 2.42. The Kier molecular flexibility index (Phi) is 2.93. The zero-order valence-corrected chi connectivity index (χ0v) is 9.52. The third kappa shape index (κ3) is 1.93. The molecule has 16 heavy (non-hydrogen) atoms. The molecule has 0 aliphatic carbocycles. The highest BCUT2D eigenvalue weighted by Gasteiger charge is 2.08. The molecule has 0 saturated carbocycles. The van der Waals surface area contributed by atoms with Crippen LogP contribution in [0.15, 0.2) is 36.7 Å². The van der Waals surface area contributed by atoms with Crippen LogP contribution in [0.25, 0.3) is 5.69 Å². The molecule has 0 bridgehead atoms. The fourth-order valence-electron chi connectivity index (χ4n) is 1.46. The number of hydrogen-bond donors (Lipinski definition) is 0. The maximum Gasteiger partial charge on any atom is 0.0831 e. The number of nitrogens with zero attached hydrogens (tertiary/aromatic N) is 3. The molecule has 0 spiro atoms. The topological polar surface area (TPSA) is 41.6 Å². The average Bonchev–Trinajstić information content (AvgIpc) is 2.81. The van der Waals surface area contributed by atoms with Crippen molar-refractivity contribution in [3.8, 4) is 11.8 Å². The van der Waals surface area contributed by atoms with Crippen LogP contribution in [-0.2, 0) is 0 Å². The minimum absolute atomic E-state index is 0.149. The summed E-state index contributed by atoms with van der Waals surface area (Å²) in [6, 6.07) is 9.60. The zero-order chi connectivity index (χ0) is 11.5. The lowest BCUT2D eigenvalue weighted by molar-refractivity contribution is 0.877. The Balaban J connectivity index is 2.42. The van der Waals surface area contributed by atoms with Crippen molar-refractivity contribution < 1.29 is 0 Å². The van der Waals surface area contributed by atoms with E-state index in [0.29, 0.717) is 5.02 Å². The van der Waals surface area contributed by atoms with Gasteiger partial charge >= 0.3 is 0 Å². The normalized spacial score (nSPS) is 12.1. The van der Waals surface area contributed by atoms with Crippen LogP contribution in [0.4, 0.5) is 0 Å². The van der Waals surface area contributed by atoms with Crippen molar-refractivity contribution in [2.75, 3.05) is 0 Å². The van der Waals surface area contributed by atoms with Crippen LogP contribution < -0.4 is 0 Å². The smallest absolute Gasteiger partial charge is 0.0831 e. The highest BCUT2D eigenvalue weighted by molar-refractivity contribution is 6.32. The summed E-state index contributed by atoms with van der Waals surface area (Å²) in [6.07, 6.45) is 3.52. The van der Waals surface area contributed by atoms with Crippen molar-refractivity contribution in [2.45, 2.75) is 12.8 Å². The number of nitriles is 1. The van der Waals surface area contributed by atoms with Gasteiger partial charge in [0.05, 0.1) is 22.7 Å². The van der Waals surface area contributed by atoms with Gasteiger partial charge in [-0.3, -0.25) is 0 Å². The first-order chi connectivity index (χ1) is 7.72. The summed E-state index contributed by atoms with van der Waals surface area (Å²) in [5.41, 5.74) is 1.74. The Morgan fingerprint density at radius 2 is 2.31 bits per heavy atom. The molecule has 4 heteroatoms. The molecule has 0 fully saturated rings. The number of rotatable bonds is 2. The molecule has 0 aliphatic rings. The molecule has 1 heterocycles. The quantitative estimate of drug-likeness (QED) is 0.797. The van der Waals surface area contributed by atoms with E-state index in [1.165, 1.54) is 0 Å². The lowest BCUT2D eigenvalue weighted by Gasteiger charge is -2.08. The summed E-state index contributed by atoms with van der Waals surface area (Å²) in [5.74, 6) is -0.149. The predicted octanol–water partition coefficient (Wildman–Crippen LogP) is 3.15. The standard InChI is InChI=1S/C12H10ClN3/c1-9(8-14)10-3-4-12(11(13)7-10)16-6-2-5-15-16/h2-7,9H,1H3. The fourth-order valence-corrected chi connectivity index (χ4v) is 1.74. The van der Waals surface area contributed by atoms with Crippen LogP contribution in [-0.4, -0.2) is 9.78 Å². The van der Waals surface area contributed by atoms with Gasteiger partial charge in [0.25, 0.3) is 0 Å². The van der Waals surface area contributed by atoms with E-state index in [4.69, 9.17) is 16.9 Å². The van der Waals surface area contributed by atoms with Gasteiger partial charge in [-0.25, -0.2) is 4.68 Å². The molecule has 1 unspecified atom stereocenters. The summed E-state index contributed by atoms with van der Waals surface area (Å²) in [7, 11) is 0. The van der Waals surface area contributed by atoms with E-state index >= 15 is 0 Å². The van der Waals surface area contributed by atoms with Crippen molar-refractivity contribution in [3.05, 3.63) is 47.2 Å². The van der Waals surface area contributed by atoms with E-state index in [0.717, 1.165) is 11.3 Å². The van der Waals surface area contributed by atoms with E-state index in [1.807, 2.05) is 37.4 Å².